The summed E-state index contributed by atoms with van der Waals surface area (Å²) in [6, 6.07) is 22.5. The maximum Gasteiger partial charge on any atom is 0.305 e. The minimum absolute atomic E-state index is 0.00474. The summed E-state index contributed by atoms with van der Waals surface area (Å²) in [6.07, 6.45) is 0.788. The third kappa shape index (κ3) is 4.61. The molecule has 3 heterocycles. The van der Waals surface area contributed by atoms with Crippen molar-refractivity contribution in [3.05, 3.63) is 103 Å². The van der Waals surface area contributed by atoms with Gasteiger partial charge >= 0.3 is 4.87 Å². The quantitative estimate of drug-likeness (QED) is 0.232. The van der Waals surface area contributed by atoms with Crippen molar-refractivity contribution >= 4 is 68.1 Å². The highest BCUT2D eigenvalue weighted by atomic mass is 79.9. The zero-order valence-electron chi connectivity index (χ0n) is 24.1. The van der Waals surface area contributed by atoms with Gasteiger partial charge in [0, 0.05) is 31.8 Å². The molecule has 0 radical (unpaired) electrons. The molecule has 0 unspecified atom stereocenters. The van der Waals surface area contributed by atoms with E-state index < -0.39 is 5.92 Å². The average Bonchev–Trinajstić information content (AvgIpc) is 3.77. The topological polar surface area (TPSA) is 109 Å². The fourth-order valence-corrected chi connectivity index (χ4v) is 11.4. The van der Waals surface area contributed by atoms with Crippen molar-refractivity contribution in [1.82, 2.24) is 4.98 Å². The molecule has 2 N–H and O–H groups in total. The Morgan fingerprint density at radius 1 is 1.00 bits per heavy atom. The third-order valence-electron chi connectivity index (χ3n) is 9.82. The number of aryl methyl sites for hydroxylation is 1. The molecule has 2 bridgehead atoms. The van der Waals surface area contributed by atoms with Gasteiger partial charge in [0.15, 0.2) is 6.61 Å². The van der Waals surface area contributed by atoms with E-state index in [0.29, 0.717) is 11.4 Å². The van der Waals surface area contributed by atoms with Crippen molar-refractivity contribution < 1.29 is 19.1 Å². The standard InChI is InChI=1S/C34H28BrN3O5S2/c1-16-7-5-6-10-22(16)36-24(39)15-43-23-12-11-17(35)13-19(23)25-26-20-14-21(29(26)44-31-30(25)45-34(42)37-31)28-27(20)32(40)38(33(28)41)18-8-3-2-4-9-18/h2-13,20-21,25-29H,14-15H2,1H3,(H,36,39)(H,37,42)/t20-,21-,25+,26-,27+,28+,29-/m1/s1. The summed E-state index contributed by atoms with van der Waals surface area (Å²) in [6.45, 7) is 1.74. The SMILES string of the molecule is Cc1ccccc1NC(=O)COc1ccc(Br)cc1[C@@H]1c2sc(=O)[nH]c2S[C@@H]2[C@@H]3C[C@@H]([C@@H]4C(=O)N(c5ccccc5)C(=O)[C@@H]34)[C@H]12. The second-order valence-corrected chi connectivity index (χ2v) is 15.3. The number of rotatable bonds is 6. The van der Waals surface area contributed by atoms with Crippen molar-refractivity contribution in [2.45, 2.75) is 29.5 Å². The van der Waals surface area contributed by atoms with Gasteiger partial charge in [0.1, 0.15) is 5.75 Å². The molecule has 7 atom stereocenters. The fraction of sp³-hybridized carbons (Fsp3) is 0.294. The summed E-state index contributed by atoms with van der Waals surface area (Å²) >= 11 is 6.48. The molecule has 0 spiro atoms. The molecular weight excluding hydrogens is 674 g/mol. The van der Waals surface area contributed by atoms with Crippen LogP contribution in [-0.4, -0.2) is 34.6 Å². The number of carbonyl (C=O) groups excluding carboxylic acids is 3. The van der Waals surface area contributed by atoms with Gasteiger partial charge in [-0.2, -0.15) is 0 Å². The van der Waals surface area contributed by atoms with Crippen LogP contribution in [0.5, 0.6) is 5.75 Å². The van der Waals surface area contributed by atoms with Gasteiger partial charge in [-0.05, 0) is 73.1 Å². The van der Waals surface area contributed by atoms with Crippen LogP contribution in [0.2, 0.25) is 0 Å². The smallest absolute Gasteiger partial charge is 0.305 e. The lowest BCUT2D eigenvalue weighted by atomic mass is 9.68. The molecule has 8 rings (SSSR count). The van der Waals surface area contributed by atoms with Gasteiger partial charge < -0.3 is 15.0 Å². The molecule has 3 aromatic carbocycles. The molecule has 3 fully saturated rings. The van der Waals surface area contributed by atoms with E-state index in [1.807, 2.05) is 79.7 Å². The van der Waals surface area contributed by atoms with E-state index in [4.69, 9.17) is 4.74 Å². The second kappa shape index (κ2) is 11.0. The van der Waals surface area contributed by atoms with E-state index in [9.17, 15) is 19.2 Å². The number of anilines is 2. The van der Waals surface area contributed by atoms with Crippen molar-refractivity contribution in [3.63, 3.8) is 0 Å². The molecular formula is C34H28BrN3O5S2. The number of aromatic nitrogens is 1. The number of thioether (sulfide) groups is 1. The van der Waals surface area contributed by atoms with Crippen LogP contribution in [0.3, 0.4) is 0 Å². The van der Waals surface area contributed by atoms with Crippen molar-refractivity contribution in [2.24, 2.45) is 29.6 Å². The number of carbonyl (C=O) groups is 3. The van der Waals surface area contributed by atoms with Crippen LogP contribution in [0.25, 0.3) is 0 Å². The Bertz CT molecular complexity index is 1930. The molecule has 2 aliphatic heterocycles. The highest BCUT2D eigenvalue weighted by Crippen LogP contribution is 2.69. The number of nitrogens with zero attached hydrogens (tertiary/aromatic N) is 1. The van der Waals surface area contributed by atoms with Crippen LogP contribution in [0.4, 0.5) is 11.4 Å². The predicted octanol–water partition coefficient (Wildman–Crippen LogP) is 6.20. The Morgan fingerprint density at radius 2 is 1.73 bits per heavy atom. The minimum atomic E-state index is -0.402. The number of aromatic amines is 1. The maximum absolute atomic E-state index is 14.0. The molecule has 2 aliphatic carbocycles. The summed E-state index contributed by atoms with van der Waals surface area (Å²) in [5.41, 5.74) is 3.16. The maximum atomic E-state index is 14.0. The summed E-state index contributed by atoms with van der Waals surface area (Å²) in [5, 5.41) is 3.79. The van der Waals surface area contributed by atoms with Gasteiger partial charge in [0.05, 0.1) is 22.5 Å². The molecule has 11 heteroatoms. The van der Waals surface area contributed by atoms with E-state index in [0.717, 1.165) is 37.6 Å². The van der Waals surface area contributed by atoms with Crippen LogP contribution in [-0.2, 0) is 14.4 Å². The molecule has 4 aromatic rings. The van der Waals surface area contributed by atoms with Crippen molar-refractivity contribution in [1.29, 1.82) is 0 Å². The number of hydrogen-bond acceptors (Lipinski definition) is 7. The van der Waals surface area contributed by atoms with Gasteiger partial charge in [-0.15, -0.1) is 11.8 Å². The molecule has 228 valence electrons. The van der Waals surface area contributed by atoms with Gasteiger partial charge in [0.2, 0.25) is 11.8 Å². The first-order valence-electron chi connectivity index (χ1n) is 14.9. The minimum Gasteiger partial charge on any atom is -0.483 e. The summed E-state index contributed by atoms with van der Waals surface area (Å²) in [5.74, 6) is -0.997. The van der Waals surface area contributed by atoms with Gasteiger partial charge in [0.25, 0.3) is 5.91 Å². The monoisotopic (exact) mass is 701 g/mol. The molecule has 4 aliphatic rings. The van der Waals surface area contributed by atoms with Crippen LogP contribution in [0.15, 0.2) is 87.1 Å². The van der Waals surface area contributed by atoms with Crippen molar-refractivity contribution in [2.75, 3.05) is 16.8 Å². The van der Waals surface area contributed by atoms with Crippen LogP contribution in [0.1, 0.15) is 28.3 Å². The third-order valence-corrected chi connectivity index (χ3v) is 12.9. The molecule has 2 saturated carbocycles. The van der Waals surface area contributed by atoms with Crippen LogP contribution < -0.4 is 19.8 Å². The fourth-order valence-electron chi connectivity index (χ4n) is 8.13. The summed E-state index contributed by atoms with van der Waals surface area (Å²) in [4.78, 5) is 58.7. The highest BCUT2D eigenvalue weighted by Gasteiger charge is 2.69. The number of benzene rings is 3. The number of ether oxygens (including phenoxy) is 1. The molecule has 8 nitrogen and oxygen atoms in total. The normalized spacial score (nSPS) is 27.7. The predicted molar refractivity (Wildman–Crippen MR) is 177 cm³/mol. The Kier molecular flexibility index (Phi) is 7.03. The molecule has 1 saturated heterocycles. The zero-order chi connectivity index (χ0) is 31.0. The first-order valence-corrected chi connectivity index (χ1v) is 17.4. The van der Waals surface area contributed by atoms with E-state index in [-0.39, 0.29) is 64.0 Å². The Labute approximate surface area is 275 Å². The first-order chi connectivity index (χ1) is 21.8. The summed E-state index contributed by atoms with van der Waals surface area (Å²) in [7, 11) is 0. The number of para-hydroxylation sites is 2. The number of fused-ring (bicyclic) bond motifs is 9. The van der Waals surface area contributed by atoms with Crippen LogP contribution >= 0.6 is 39.0 Å². The Morgan fingerprint density at radius 3 is 2.51 bits per heavy atom. The number of amides is 3. The largest absolute Gasteiger partial charge is 0.483 e. The van der Waals surface area contributed by atoms with Crippen molar-refractivity contribution in [3.8, 4) is 5.75 Å². The number of H-pyrrole nitrogens is 1. The lowest BCUT2D eigenvalue weighted by Gasteiger charge is -2.43. The van der Waals surface area contributed by atoms with E-state index >= 15 is 0 Å². The highest BCUT2D eigenvalue weighted by molar-refractivity contribution is 9.10. The number of nitrogens with one attached hydrogen (secondary N) is 2. The van der Waals surface area contributed by atoms with E-state index in [2.05, 4.69) is 26.2 Å². The Hall–Kier alpha value is -3.67. The van der Waals surface area contributed by atoms with E-state index in [1.165, 1.54) is 16.2 Å². The van der Waals surface area contributed by atoms with Gasteiger partial charge in [-0.1, -0.05) is 63.7 Å². The Balaban J connectivity index is 1.15. The van der Waals surface area contributed by atoms with Crippen LogP contribution in [0, 0.1) is 36.5 Å². The number of hydrogen-bond donors (Lipinski definition) is 2. The second-order valence-electron chi connectivity index (χ2n) is 12.1. The average molecular weight is 703 g/mol. The lowest BCUT2D eigenvalue weighted by molar-refractivity contribution is -0.123. The van der Waals surface area contributed by atoms with Gasteiger partial charge in [-0.3, -0.25) is 24.1 Å². The number of thiazole rings is 1. The van der Waals surface area contributed by atoms with E-state index in [1.54, 1.807) is 11.8 Å². The number of imide groups is 1. The summed E-state index contributed by atoms with van der Waals surface area (Å²) < 4.78 is 7.06. The molecule has 3 amide bonds. The number of halogens is 1. The lowest BCUT2D eigenvalue weighted by Crippen LogP contribution is -2.42. The first kappa shape index (κ1) is 28.8. The zero-order valence-corrected chi connectivity index (χ0v) is 27.3. The molecule has 1 aromatic heterocycles. The van der Waals surface area contributed by atoms with Gasteiger partial charge in [-0.25, -0.2) is 0 Å². The molecule has 45 heavy (non-hydrogen) atoms.